The van der Waals surface area contributed by atoms with Gasteiger partial charge in [0.05, 0.1) is 11.1 Å². The SMILES string of the molecule is CS(=O)(=O)c1cccc(Oc2cnccc2C(=O)O)c1. The molecule has 0 bridgehead atoms. The van der Waals surface area contributed by atoms with Gasteiger partial charge in [0.15, 0.2) is 15.6 Å². The number of aromatic carboxylic acids is 1. The van der Waals surface area contributed by atoms with Gasteiger partial charge in [0.2, 0.25) is 0 Å². The highest BCUT2D eigenvalue weighted by molar-refractivity contribution is 7.90. The van der Waals surface area contributed by atoms with Crippen molar-refractivity contribution in [3.05, 3.63) is 48.3 Å². The topological polar surface area (TPSA) is 93.6 Å². The zero-order chi connectivity index (χ0) is 14.8. The molecule has 0 spiro atoms. The first-order valence-electron chi connectivity index (χ1n) is 5.53. The van der Waals surface area contributed by atoms with Gasteiger partial charge in [-0.15, -0.1) is 0 Å². The normalized spacial score (nSPS) is 11.1. The third-order valence-electron chi connectivity index (χ3n) is 2.48. The number of hydrogen-bond acceptors (Lipinski definition) is 5. The van der Waals surface area contributed by atoms with Gasteiger partial charge in [-0.3, -0.25) is 4.98 Å². The maximum atomic E-state index is 11.5. The summed E-state index contributed by atoms with van der Waals surface area (Å²) >= 11 is 0. The molecule has 0 atom stereocenters. The quantitative estimate of drug-likeness (QED) is 0.926. The molecule has 2 aromatic rings. The van der Waals surface area contributed by atoms with E-state index >= 15 is 0 Å². The fraction of sp³-hybridized carbons (Fsp3) is 0.0769. The minimum absolute atomic E-state index is 0.0469. The van der Waals surface area contributed by atoms with Crippen LogP contribution in [-0.2, 0) is 9.84 Å². The Bertz CT molecular complexity index is 755. The summed E-state index contributed by atoms with van der Waals surface area (Å²) in [6.45, 7) is 0. The fourth-order valence-corrected chi connectivity index (χ4v) is 2.19. The van der Waals surface area contributed by atoms with Crippen LogP contribution in [0.25, 0.3) is 0 Å². The Labute approximate surface area is 115 Å². The molecular weight excluding hydrogens is 282 g/mol. The first-order valence-corrected chi connectivity index (χ1v) is 7.42. The van der Waals surface area contributed by atoms with Crippen molar-refractivity contribution in [2.24, 2.45) is 0 Å². The van der Waals surface area contributed by atoms with Crippen molar-refractivity contribution in [2.45, 2.75) is 4.90 Å². The molecular formula is C13H11NO5S. The van der Waals surface area contributed by atoms with Crippen LogP contribution in [-0.4, -0.2) is 30.7 Å². The molecule has 0 saturated carbocycles. The zero-order valence-corrected chi connectivity index (χ0v) is 11.3. The molecule has 1 aromatic carbocycles. The van der Waals surface area contributed by atoms with Crippen molar-refractivity contribution >= 4 is 15.8 Å². The summed E-state index contributed by atoms with van der Waals surface area (Å²) in [4.78, 5) is 14.9. The van der Waals surface area contributed by atoms with Crippen LogP contribution in [0.5, 0.6) is 11.5 Å². The van der Waals surface area contributed by atoms with Gasteiger partial charge in [0, 0.05) is 12.5 Å². The average Bonchev–Trinajstić information content (AvgIpc) is 2.38. The number of carboxylic acid groups (broad SMARTS) is 1. The summed E-state index contributed by atoms with van der Waals surface area (Å²) in [7, 11) is -3.36. The number of carboxylic acids is 1. The van der Waals surface area contributed by atoms with Crippen LogP contribution in [0.1, 0.15) is 10.4 Å². The third kappa shape index (κ3) is 3.12. The summed E-state index contributed by atoms with van der Waals surface area (Å²) in [5, 5.41) is 9.02. The van der Waals surface area contributed by atoms with Gasteiger partial charge >= 0.3 is 5.97 Å². The largest absolute Gasteiger partial charge is 0.478 e. The molecule has 0 radical (unpaired) electrons. The molecule has 1 heterocycles. The lowest BCUT2D eigenvalue weighted by molar-refractivity contribution is 0.0694. The Morgan fingerprint density at radius 2 is 2.05 bits per heavy atom. The van der Waals surface area contributed by atoms with Crippen molar-refractivity contribution in [1.82, 2.24) is 4.98 Å². The third-order valence-corrected chi connectivity index (χ3v) is 3.59. The molecule has 0 aliphatic rings. The minimum Gasteiger partial charge on any atom is -0.478 e. The Kier molecular flexibility index (Phi) is 3.71. The lowest BCUT2D eigenvalue weighted by Gasteiger charge is -2.08. The monoisotopic (exact) mass is 293 g/mol. The van der Waals surface area contributed by atoms with Gasteiger partial charge in [-0.1, -0.05) is 6.07 Å². The first kappa shape index (κ1) is 14.0. The predicted molar refractivity (Wildman–Crippen MR) is 70.8 cm³/mol. The molecule has 0 fully saturated rings. The van der Waals surface area contributed by atoms with Crippen molar-refractivity contribution < 1.29 is 23.1 Å². The molecule has 104 valence electrons. The Balaban J connectivity index is 2.39. The molecule has 0 unspecified atom stereocenters. The second-order valence-electron chi connectivity index (χ2n) is 4.03. The lowest BCUT2D eigenvalue weighted by atomic mass is 10.2. The number of sulfone groups is 1. The number of pyridine rings is 1. The summed E-state index contributed by atoms with van der Waals surface area (Å²) in [5.41, 5.74) is -0.0511. The second kappa shape index (κ2) is 5.30. The molecule has 1 aromatic heterocycles. The van der Waals surface area contributed by atoms with E-state index in [-0.39, 0.29) is 22.0 Å². The molecule has 0 aliphatic heterocycles. The van der Waals surface area contributed by atoms with Crippen LogP contribution < -0.4 is 4.74 Å². The average molecular weight is 293 g/mol. The molecule has 2 rings (SSSR count). The van der Waals surface area contributed by atoms with Crippen LogP contribution in [0.15, 0.2) is 47.6 Å². The maximum absolute atomic E-state index is 11.5. The lowest BCUT2D eigenvalue weighted by Crippen LogP contribution is -2.01. The van der Waals surface area contributed by atoms with E-state index in [2.05, 4.69) is 4.98 Å². The fourth-order valence-electron chi connectivity index (χ4n) is 1.53. The summed E-state index contributed by atoms with van der Waals surface area (Å²) in [6.07, 6.45) is 3.68. The molecule has 7 heteroatoms. The van der Waals surface area contributed by atoms with Crippen LogP contribution in [0.2, 0.25) is 0 Å². The summed E-state index contributed by atoms with van der Waals surface area (Å²) in [6, 6.07) is 7.12. The van der Waals surface area contributed by atoms with Gasteiger partial charge in [0.1, 0.15) is 11.3 Å². The molecule has 0 amide bonds. The van der Waals surface area contributed by atoms with E-state index < -0.39 is 15.8 Å². The van der Waals surface area contributed by atoms with Gasteiger partial charge in [-0.2, -0.15) is 0 Å². The second-order valence-corrected chi connectivity index (χ2v) is 6.04. The van der Waals surface area contributed by atoms with E-state index in [1.54, 1.807) is 0 Å². The molecule has 1 N–H and O–H groups in total. The highest BCUT2D eigenvalue weighted by Crippen LogP contribution is 2.26. The van der Waals surface area contributed by atoms with Crippen molar-refractivity contribution in [3.63, 3.8) is 0 Å². The van der Waals surface area contributed by atoms with Crippen molar-refractivity contribution in [2.75, 3.05) is 6.26 Å². The number of nitrogens with zero attached hydrogens (tertiary/aromatic N) is 1. The van der Waals surface area contributed by atoms with Crippen LogP contribution >= 0.6 is 0 Å². The first-order chi connectivity index (χ1) is 9.38. The summed E-state index contributed by atoms with van der Waals surface area (Å²) < 4.78 is 28.3. The van der Waals surface area contributed by atoms with Crippen molar-refractivity contribution in [3.8, 4) is 11.5 Å². The van der Waals surface area contributed by atoms with E-state index in [1.165, 1.54) is 42.7 Å². The number of aromatic nitrogens is 1. The van der Waals surface area contributed by atoms with Crippen LogP contribution in [0, 0.1) is 0 Å². The highest BCUT2D eigenvalue weighted by atomic mass is 32.2. The van der Waals surface area contributed by atoms with E-state index in [1.807, 2.05) is 0 Å². The minimum atomic E-state index is -3.36. The number of carbonyl (C=O) groups is 1. The Morgan fingerprint density at radius 1 is 1.30 bits per heavy atom. The molecule has 20 heavy (non-hydrogen) atoms. The predicted octanol–water partition coefficient (Wildman–Crippen LogP) is 1.98. The number of hydrogen-bond donors (Lipinski definition) is 1. The van der Waals surface area contributed by atoms with Gasteiger partial charge < -0.3 is 9.84 Å². The maximum Gasteiger partial charge on any atom is 0.339 e. The van der Waals surface area contributed by atoms with E-state index in [0.717, 1.165) is 6.26 Å². The van der Waals surface area contributed by atoms with Gasteiger partial charge in [-0.25, -0.2) is 13.2 Å². The Morgan fingerprint density at radius 3 is 2.70 bits per heavy atom. The number of ether oxygens (including phenoxy) is 1. The van der Waals surface area contributed by atoms with E-state index in [4.69, 9.17) is 9.84 Å². The smallest absolute Gasteiger partial charge is 0.339 e. The van der Waals surface area contributed by atoms with Crippen LogP contribution in [0.4, 0.5) is 0 Å². The Hall–Kier alpha value is -2.41. The molecule has 6 nitrogen and oxygen atoms in total. The van der Waals surface area contributed by atoms with Gasteiger partial charge in [0.25, 0.3) is 0 Å². The van der Waals surface area contributed by atoms with Crippen molar-refractivity contribution in [1.29, 1.82) is 0 Å². The summed E-state index contributed by atoms with van der Waals surface area (Å²) in [5.74, 6) is -0.879. The van der Waals surface area contributed by atoms with E-state index in [0.29, 0.717) is 0 Å². The standard InChI is InChI=1S/C13H11NO5S/c1-20(17,18)10-4-2-3-9(7-10)19-12-8-14-6-5-11(12)13(15)16/h2-8H,1H3,(H,15,16). The molecule has 0 aliphatic carbocycles. The number of benzene rings is 1. The number of rotatable bonds is 4. The van der Waals surface area contributed by atoms with Gasteiger partial charge in [-0.05, 0) is 24.3 Å². The molecule has 0 saturated heterocycles. The zero-order valence-electron chi connectivity index (χ0n) is 10.5. The highest BCUT2D eigenvalue weighted by Gasteiger charge is 2.13. The van der Waals surface area contributed by atoms with E-state index in [9.17, 15) is 13.2 Å². The van der Waals surface area contributed by atoms with Crippen LogP contribution in [0.3, 0.4) is 0 Å².